The van der Waals surface area contributed by atoms with Gasteiger partial charge in [0.15, 0.2) is 0 Å². The van der Waals surface area contributed by atoms with Gasteiger partial charge in [0.1, 0.15) is 0 Å². The first-order valence-electron chi connectivity index (χ1n) is 8.61. The molecule has 0 bridgehead atoms. The van der Waals surface area contributed by atoms with Crippen LogP contribution in [0.2, 0.25) is 0 Å². The molecule has 1 N–H and O–H groups in total. The molecule has 3 rings (SSSR count). The van der Waals surface area contributed by atoms with E-state index < -0.39 is 0 Å². The number of hydrogen-bond donors (Lipinski definition) is 1. The van der Waals surface area contributed by atoms with E-state index in [9.17, 15) is 4.79 Å². The summed E-state index contributed by atoms with van der Waals surface area (Å²) in [6.45, 7) is 4.51. The molecule has 0 aliphatic carbocycles. The zero-order valence-electron chi connectivity index (χ0n) is 15.1. The molecule has 0 radical (unpaired) electrons. The molecule has 7 heteroatoms. The molecular formula is C20H20BrN3O2S. The Balaban J connectivity index is 1.54. The van der Waals surface area contributed by atoms with Crippen LogP contribution >= 0.6 is 27.7 Å². The van der Waals surface area contributed by atoms with E-state index in [0.717, 1.165) is 10.0 Å². The molecule has 1 amide bonds. The van der Waals surface area contributed by atoms with Gasteiger partial charge < -0.3 is 9.73 Å². The summed E-state index contributed by atoms with van der Waals surface area (Å²) in [5.74, 6) is 0.632. The maximum absolute atomic E-state index is 12.4. The molecule has 1 aromatic heterocycles. The van der Waals surface area contributed by atoms with Crippen LogP contribution in [0.4, 0.5) is 0 Å². The number of rotatable bonds is 7. The van der Waals surface area contributed by atoms with E-state index in [2.05, 4.69) is 50.5 Å². The Labute approximate surface area is 171 Å². The summed E-state index contributed by atoms with van der Waals surface area (Å²) in [6, 6.07) is 17.8. The van der Waals surface area contributed by atoms with Crippen molar-refractivity contribution < 1.29 is 9.21 Å². The molecular weight excluding hydrogens is 426 g/mol. The highest BCUT2D eigenvalue weighted by Gasteiger charge is 2.19. The smallest absolute Gasteiger partial charge is 0.277 e. The number of amides is 1. The predicted molar refractivity (Wildman–Crippen MR) is 111 cm³/mol. The van der Waals surface area contributed by atoms with Crippen molar-refractivity contribution in [3.8, 4) is 11.5 Å². The van der Waals surface area contributed by atoms with Crippen molar-refractivity contribution in [3.05, 3.63) is 64.6 Å². The Morgan fingerprint density at radius 1 is 1.15 bits per heavy atom. The number of aromatic nitrogens is 2. The summed E-state index contributed by atoms with van der Waals surface area (Å²) in [4.78, 5) is 12.4. The largest absolute Gasteiger partial charge is 0.411 e. The van der Waals surface area contributed by atoms with Gasteiger partial charge in [0.25, 0.3) is 5.22 Å². The van der Waals surface area contributed by atoms with Gasteiger partial charge >= 0.3 is 0 Å². The average Bonchev–Trinajstić information content (AvgIpc) is 3.15. The van der Waals surface area contributed by atoms with E-state index in [0.29, 0.717) is 17.7 Å². The summed E-state index contributed by atoms with van der Waals surface area (Å²) < 4.78 is 6.62. The molecule has 0 saturated heterocycles. The van der Waals surface area contributed by atoms with E-state index in [4.69, 9.17) is 4.42 Å². The third-order valence-electron chi connectivity index (χ3n) is 4.08. The predicted octanol–water partition coefficient (Wildman–Crippen LogP) is 4.90. The van der Waals surface area contributed by atoms with Gasteiger partial charge in [0, 0.05) is 16.6 Å². The Morgan fingerprint density at radius 3 is 2.67 bits per heavy atom. The third kappa shape index (κ3) is 5.43. The summed E-state index contributed by atoms with van der Waals surface area (Å²) in [5.41, 5.74) is 2.03. The monoisotopic (exact) mass is 445 g/mol. The van der Waals surface area contributed by atoms with Crippen molar-refractivity contribution in [2.45, 2.75) is 30.2 Å². The zero-order chi connectivity index (χ0) is 19.2. The molecule has 5 nitrogen and oxygen atoms in total. The van der Waals surface area contributed by atoms with Crippen LogP contribution in [0.15, 0.2) is 68.7 Å². The number of benzene rings is 2. The number of carbonyl (C=O) groups is 1. The second-order valence-electron chi connectivity index (χ2n) is 6.20. The Kier molecular flexibility index (Phi) is 6.68. The lowest BCUT2D eigenvalue weighted by atomic mass is 10.0. The molecule has 2 aromatic carbocycles. The maximum Gasteiger partial charge on any atom is 0.277 e. The molecule has 0 aliphatic rings. The van der Waals surface area contributed by atoms with E-state index >= 15 is 0 Å². The van der Waals surface area contributed by atoms with E-state index in [1.54, 1.807) is 0 Å². The van der Waals surface area contributed by atoms with E-state index in [1.165, 1.54) is 17.3 Å². The molecule has 0 saturated carbocycles. The molecule has 1 heterocycles. The second-order valence-corrected chi connectivity index (χ2v) is 8.41. The standard InChI is InChI=1S/C20H20BrN3O2S/c1-13(15-7-4-3-5-8-15)12-22-18(25)14(2)27-20-24-23-19(26-20)16-9-6-10-17(21)11-16/h3-11,13-14H,12H2,1-2H3,(H,22,25). The quantitative estimate of drug-likeness (QED) is 0.523. The maximum atomic E-state index is 12.4. The molecule has 0 aliphatic heterocycles. The van der Waals surface area contributed by atoms with Gasteiger partial charge in [-0.15, -0.1) is 10.2 Å². The van der Waals surface area contributed by atoms with Crippen LogP contribution in [0.3, 0.4) is 0 Å². The highest BCUT2D eigenvalue weighted by atomic mass is 79.9. The van der Waals surface area contributed by atoms with Crippen molar-refractivity contribution in [3.63, 3.8) is 0 Å². The lowest BCUT2D eigenvalue weighted by molar-refractivity contribution is -0.120. The van der Waals surface area contributed by atoms with Crippen molar-refractivity contribution in [1.82, 2.24) is 15.5 Å². The Morgan fingerprint density at radius 2 is 1.93 bits per heavy atom. The minimum Gasteiger partial charge on any atom is -0.411 e. The number of thioether (sulfide) groups is 1. The highest BCUT2D eigenvalue weighted by molar-refractivity contribution is 9.10. The van der Waals surface area contributed by atoms with Crippen molar-refractivity contribution in [2.24, 2.45) is 0 Å². The van der Waals surface area contributed by atoms with Crippen LogP contribution in [0, 0.1) is 0 Å². The first-order valence-corrected chi connectivity index (χ1v) is 10.3. The molecule has 27 heavy (non-hydrogen) atoms. The Bertz CT molecular complexity index is 901. The number of hydrogen-bond acceptors (Lipinski definition) is 5. The minimum atomic E-state index is -0.330. The molecule has 2 atom stereocenters. The number of nitrogens with zero attached hydrogens (tertiary/aromatic N) is 2. The van der Waals surface area contributed by atoms with Gasteiger partial charge in [-0.2, -0.15) is 0 Å². The summed E-state index contributed by atoms with van der Waals surface area (Å²) in [6.07, 6.45) is 0. The zero-order valence-corrected chi connectivity index (χ0v) is 17.5. The van der Waals surface area contributed by atoms with Crippen LogP contribution in [0.5, 0.6) is 0 Å². The number of halogens is 1. The van der Waals surface area contributed by atoms with E-state index in [1.807, 2.05) is 49.4 Å². The molecule has 2 unspecified atom stereocenters. The fourth-order valence-electron chi connectivity index (χ4n) is 2.50. The van der Waals surface area contributed by atoms with Gasteiger partial charge in [0.05, 0.1) is 5.25 Å². The second kappa shape index (κ2) is 9.19. The van der Waals surface area contributed by atoms with Gasteiger partial charge in [-0.25, -0.2) is 0 Å². The van der Waals surface area contributed by atoms with Crippen LogP contribution in [0.25, 0.3) is 11.5 Å². The fourth-order valence-corrected chi connectivity index (χ4v) is 3.60. The van der Waals surface area contributed by atoms with E-state index in [-0.39, 0.29) is 17.1 Å². The van der Waals surface area contributed by atoms with Crippen LogP contribution in [-0.4, -0.2) is 27.9 Å². The average molecular weight is 446 g/mol. The summed E-state index contributed by atoms with van der Waals surface area (Å²) >= 11 is 4.68. The van der Waals surface area contributed by atoms with Gasteiger partial charge in [0.2, 0.25) is 11.8 Å². The number of nitrogens with one attached hydrogen (secondary N) is 1. The number of carbonyl (C=O) groups excluding carboxylic acids is 1. The molecule has 0 fully saturated rings. The summed E-state index contributed by atoms with van der Waals surface area (Å²) in [7, 11) is 0. The van der Waals surface area contributed by atoms with Crippen LogP contribution < -0.4 is 5.32 Å². The van der Waals surface area contributed by atoms with Crippen molar-refractivity contribution in [2.75, 3.05) is 6.54 Å². The molecule has 0 spiro atoms. The lowest BCUT2D eigenvalue weighted by Gasteiger charge is -2.15. The van der Waals surface area contributed by atoms with Gasteiger partial charge in [-0.3, -0.25) is 4.79 Å². The molecule has 140 valence electrons. The van der Waals surface area contributed by atoms with Crippen molar-refractivity contribution in [1.29, 1.82) is 0 Å². The first-order chi connectivity index (χ1) is 13.0. The summed E-state index contributed by atoms with van der Waals surface area (Å²) in [5, 5.41) is 11.1. The van der Waals surface area contributed by atoms with Crippen LogP contribution in [-0.2, 0) is 4.79 Å². The topological polar surface area (TPSA) is 68.0 Å². The first kappa shape index (κ1) is 19.6. The van der Waals surface area contributed by atoms with Crippen molar-refractivity contribution >= 4 is 33.6 Å². The SMILES string of the molecule is CC(Sc1nnc(-c2cccc(Br)c2)o1)C(=O)NCC(C)c1ccccc1. The Hall–Kier alpha value is -2.12. The van der Waals surface area contributed by atoms with Gasteiger partial charge in [-0.05, 0) is 36.6 Å². The minimum absolute atomic E-state index is 0.0509. The lowest BCUT2D eigenvalue weighted by Crippen LogP contribution is -2.33. The van der Waals surface area contributed by atoms with Crippen LogP contribution in [0.1, 0.15) is 25.3 Å². The molecule has 3 aromatic rings. The van der Waals surface area contributed by atoms with Gasteiger partial charge in [-0.1, -0.05) is 71.0 Å². The third-order valence-corrected chi connectivity index (χ3v) is 5.50. The normalized spacial score (nSPS) is 13.1. The highest BCUT2D eigenvalue weighted by Crippen LogP contribution is 2.27. The fraction of sp³-hybridized carbons (Fsp3) is 0.250.